The van der Waals surface area contributed by atoms with Crippen LogP contribution in [0, 0.1) is 29.1 Å². The number of benzene rings is 5. The maximum Gasteiger partial charge on any atom is 0.200 e. The average molecular weight is 537 g/mol. The quantitative estimate of drug-likeness (QED) is 0.119. The average Bonchev–Trinajstić information content (AvgIpc) is 3.36. The van der Waals surface area contributed by atoms with Crippen molar-refractivity contribution in [3.05, 3.63) is 178 Å². The van der Waals surface area contributed by atoms with Gasteiger partial charge in [-0.2, -0.15) is 0 Å². The molecule has 5 heteroatoms. The smallest absolute Gasteiger partial charge is 0.200 e. The molecule has 0 unspecified atom stereocenters. The summed E-state index contributed by atoms with van der Waals surface area (Å²) in [5.41, 5.74) is 4.05. The third kappa shape index (κ3) is 4.15. The van der Waals surface area contributed by atoms with Gasteiger partial charge in [0.1, 0.15) is 0 Å². The molecular formula is C35H21F5. The fourth-order valence-corrected chi connectivity index (χ4v) is 5.53. The highest BCUT2D eigenvalue weighted by molar-refractivity contribution is 6.29. The molecule has 40 heavy (non-hydrogen) atoms. The summed E-state index contributed by atoms with van der Waals surface area (Å²) in [6.07, 6.45) is 0. The van der Waals surface area contributed by atoms with Crippen LogP contribution in [0.4, 0.5) is 22.0 Å². The van der Waals surface area contributed by atoms with Crippen molar-refractivity contribution in [1.29, 1.82) is 0 Å². The van der Waals surface area contributed by atoms with Crippen LogP contribution in [-0.4, -0.2) is 0 Å². The molecule has 0 nitrogen and oxygen atoms in total. The van der Waals surface area contributed by atoms with E-state index in [9.17, 15) is 13.2 Å². The van der Waals surface area contributed by atoms with E-state index >= 15 is 8.78 Å². The van der Waals surface area contributed by atoms with E-state index in [2.05, 4.69) is 0 Å². The highest BCUT2D eigenvalue weighted by Gasteiger charge is 2.42. The minimum Gasteiger partial charge on any atom is -0.203 e. The lowest BCUT2D eigenvalue weighted by Gasteiger charge is -2.23. The van der Waals surface area contributed by atoms with Crippen LogP contribution in [0.5, 0.6) is 0 Å². The Morgan fingerprint density at radius 1 is 0.325 bits per heavy atom. The fourth-order valence-electron chi connectivity index (χ4n) is 5.53. The predicted octanol–water partition coefficient (Wildman–Crippen LogP) is 9.70. The zero-order valence-electron chi connectivity index (χ0n) is 21.0. The topological polar surface area (TPSA) is 0 Å². The Hall–Kier alpha value is -4.77. The summed E-state index contributed by atoms with van der Waals surface area (Å²) in [5, 5.41) is 0. The summed E-state index contributed by atoms with van der Waals surface area (Å²) < 4.78 is 75.2. The summed E-state index contributed by atoms with van der Waals surface area (Å²) in [6.45, 7) is 0. The van der Waals surface area contributed by atoms with Gasteiger partial charge in [-0.1, -0.05) is 121 Å². The fraction of sp³-hybridized carbons (Fsp3) is 0.0286. The van der Waals surface area contributed by atoms with Crippen LogP contribution in [-0.2, 0) is 0 Å². The molecule has 0 N–H and O–H groups in total. The van der Waals surface area contributed by atoms with Crippen molar-refractivity contribution in [3.8, 4) is 0 Å². The molecule has 0 fully saturated rings. The van der Waals surface area contributed by atoms with Gasteiger partial charge >= 0.3 is 0 Å². The second-order valence-corrected chi connectivity index (χ2v) is 9.46. The van der Waals surface area contributed by atoms with Crippen LogP contribution in [0.25, 0.3) is 22.3 Å². The highest BCUT2D eigenvalue weighted by Crippen LogP contribution is 2.59. The van der Waals surface area contributed by atoms with E-state index in [0.717, 1.165) is 11.1 Å². The van der Waals surface area contributed by atoms with Gasteiger partial charge in [0.05, 0.1) is 0 Å². The SMILES string of the molecule is Fc1c(F)c(F)c(C2C(c3ccccc3)=C(c3ccccc3)C(c3ccccc3)=C2c2ccccc2)c(F)c1F. The lowest BCUT2D eigenvalue weighted by atomic mass is 9.80. The molecule has 5 aromatic carbocycles. The molecule has 0 saturated carbocycles. The Balaban J connectivity index is 1.84. The van der Waals surface area contributed by atoms with Crippen LogP contribution in [0.3, 0.4) is 0 Å². The normalized spacial score (nSPS) is 13.8. The van der Waals surface area contributed by atoms with E-state index in [1.165, 1.54) is 0 Å². The van der Waals surface area contributed by atoms with Crippen molar-refractivity contribution < 1.29 is 22.0 Å². The van der Waals surface area contributed by atoms with Crippen LogP contribution < -0.4 is 0 Å². The first kappa shape index (κ1) is 25.5. The molecule has 0 spiro atoms. The molecule has 196 valence electrons. The van der Waals surface area contributed by atoms with E-state index in [4.69, 9.17) is 0 Å². The lowest BCUT2D eigenvalue weighted by molar-refractivity contribution is 0.370. The van der Waals surface area contributed by atoms with Gasteiger partial charge in [0.25, 0.3) is 0 Å². The first-order valence-corrected chi connectivity index (χ1v) is 12.7. The van der Waals surface area contributed by atoms with Crippen LogP contribution >= 0.6 is 0 Å². The minimum atomic E-state index is -2.18. The van der Waals surface area contributed by atoms with Crippen molar-refractivity contribution in [2.45, 2.75) is 5.92 Å². The third-order valence-electron chi connectivity index (χ3n) is 7.19. The predicted molar refractivity (Wildman–Crippen MR) is 148 cm³/mol. The molecule has 1 aliphatic carbocycles. The van der Waals surface area contributed by atoms with Gasteiger partial charge in [0.2, 0.25) is 5.82 Å². The monoisotopic (exact) mass is 536 g/mol. The van der Waals surface area contributed by atoms with E-state index < -0.39 is 40.6 Å². The van der Waals surface area contributed by atoms with E-state index in [-0.39, 0.29) is 0 Å². The Morgan fingerprint density at radius 2 is 0.600 bits per heavy atom. The largest absolute Gasteiger partial charge is 0.203 e. The van der Waals surface area contributed by atoms with Crippen LogP contribution in [0.2, 0.25) is 0 Å². The van der Waals surface area contributed by atoms with Gasteiger partial charge < -0.3 is 0 Å². The molecule has 1 aliphatic rings. The minimum absolute atomic E-state index is 0.452. The van der Waals surface area contributed by atoms with Crippen molar-refractivity contribution in [1.82, 2.24) is 0 Å². The summed E-state index contributed by atoms with van der Waals surface area (Å²) in [7, 11) is 0. The zero-order chi connectivity index (χ0) is 27.8. The number of hydrogen-bond donors (Lipinski definition) is 0. The maximum absolute atomic E-state index is 15.7. The van der Waals surface area contributed by atoms with E-state index in [1.807, 2.05) is 60.7 Å². The molecule has 0 bridgehead atoms. The Bertz CT molecular complexity index is 1630. The molecule has 0 amide bonds. The molecule has 0 aliphatic heterocycles. The van der Waals surface area contributed by atoms with Gasteiger partial charge in [0, 0.05) is 11.5 Å². The van der Waals surface area contributed by atoms with Gasteiger partial charge in [-0.25, -0.2) is 22.0 Å². The van der Waals surface area contributed by atoms with Crippen molar-refractivity contribution in [3.63, 3.8) is 0 Å². The van der Waals surface area contributed by atoms with Crippen molar-refractivity contribution in [2.24, 2.45) is 0 Å². The van der Waals surface area contributed by atoms with E-state index in [1.54, 1.807) is 60.7 Å². The molecule has 0 heterocycles. The summed E-state index contributed by atoms with van der Waals surface area (Å²) in [4.78, 5) is 0. The summed E-state index contributed by atoms with van der Waals surface area (Å²) in [6, 6.07) is 36.5. The summed E-state index contributed by atoms with van der Waals surface area (Å²) >= 11 is 0. The molecule has 0 radical (unpaired) electrons. The van der Waals surface area contributed by atoms with Crippen molar-refractivity contribution >= 4 is 22.3 Å². The zero-order valence-corrected chi connectivity index (χ0v) is 21.0. The van der Waals surface area contributed by atoms with Gasteiger partial charge in [-0.3, -0.25) is 0 Å². The molecule has 5 aromatic rings. The van der Waals surface area contributed by atoms with E-state index in [0.29, 0.717) is 33.4 Å². The van der Waals surface area contributed by atoms with Gasteiger partial charge in [-0.05, 0) is 44.5 Å². The Kier molecular flexibility index (Phi) is 6.64. The molecule has 0 saturated heterocycles. The number of hydrogen-bond acceptors (Lipinski definition) is 0. The number of halogens is 5. The second-order valence-electron chi connectivity index (χ2n) is 9.46. The molecule has 6 rings (SSSR count). The Morgan fingerprint density at radius 3 is 0.925 bits per heavy atom. The molecular weight excluding hydrogens is 515 g/mol. The second kappa shape index (κ2) is 10.4. The van der Waals surface area contributed by atoms with Gasteiger partial charge in [0.15, 0.2) is 23.3 Å². The number of rotatable bonds is 5. The third-order valence-corrected chi connectivity index (χ3v) is 7.19. The van der Waals surface area contributed by atoms with Crippen LogP contribution in [0.15, 0.2) is 121 Å². The lowest BCUT2D eigenvalue weighted by Crippen LogP contribution is -2.13. The first-order valence-electron chi connectivity index (χ1n) is 12.7. The first-order chi connectivity index (χ1) is 19.5. The molecule has 0 aromatic heterocycles. The maximum atomic E-state index is 15.7. The highest BCUT2D eigenvalue weighted by atomic mass is 19.2. The van der Waals surface area contributed by atoms with Crippen molar-refractivity contribution in [2.75, 3.05) is 0 Å². The molecule has 0 atom stereocenters. The summed E-state index contributed by atoms with van der Waals surface area (Å²) in [5.74, 6) is -11.1. The van der Waals surface area contributed by atoms with Crippen LogP contribution in [0.1, 0.15) is 33.7 Å². The Labute approximate surface area is 228 Å². The van der Waals surface area contributed by atoms with Gasteiger partial charge in [-0.15, -0.1) is 0 Å². The number of allylic oxidation sites excluding steroid dienone is 4. The standard InChI is InChI=1S/C35H21F5/c36-31-30(32(37)34(39)35(40)33(31)38)29-27(23-17-9-3-10-18-23)25(21-13-5-1-6-14-21)26(22-15-7-2-8-16-22)28(29)24-19-11-4-12-20-24/h1-20,29H.